The van der Waals surface area contributed by atoms with Gasteiger partial charge in [-0.2, -0.15) is 0 Å². The number of benzene rings is 2. The molecule has 0 fully saturated rings. The van der Waals surface area contributed by atoms with Crippen LogP contribution in [0.25, 0.3) is 0 Å². The van der Waals surface area contributed by atoms with Gasteiger partial charge in [-0.25, -0.2) is 4.79 Å². The van der Waals surface area contributed by atoms with Crippen LogP contribution < -0.4 is 10.6 Å². The molecule has 0 atom stereocenters. The van der Waals surface area contributed by atoms with E-state index < -0.39 is 18.5 Å². The summed E-state index contributed by atoms with van der Waals surface area (Å²) in [5.74, 6) is -1.53. The molecular weight excluding hydrogens is 376 g/mol. The van der Waals surface area contributed by atoms with Gasteiger partial charge < -0.3 is 15.4 Å². The van der Waals surface area contributed by atoms with E-state index in [9.17, 15) is 14.4 Å². The molecule has 0 aliphatic heterocycles. The number of nitrogens with one attached hydrogen (secondary N) is 2. The number of carbonyl (C=O) groups excluding carboxylic acids is 3. The minimum Gasteiger partial charge on any atom is -0.452 e. The van der Waals surface area contributed by atoms with Crippen LogP contribution >= 0.6 is 15.9 Å². The van der Waals surface area contributed by atoms with Crippen molar-refractivity contribution in [2.24, 2.45) is 0 Å². The summed E-state index contributed by atoms with van der Waals surface area (Å²) in [6.07, 6.45) is 0. The molecule has 24 heavy (non-hydrogen) atoms. The van der Waals surface area contributed by atoms with Crippen molar-refractivity contribution in [2.45, 2.75) is 0 Å². The number of ether oxygens (including phenoxy) is 1. The molecule has 2 aromatic rings. The molecular formula is C17H15BrN2O4. The molecule has 0 saturated heterocycles. The van der Waals surface area contributed by atoms with Crippen molar-refractivity contribution < 1.29 is 19.1 Å². The molecule has 0 aliphatic rings. The highest BCUT2D eigenvalue weighted by Crippen LogP contribution is 2.20. The maximum atomic E-state index is 11.8. The van der Waals surface area contributed by atoms with Gasteiger partial charge in [0, 0.05) is 4.47 Å². The average molecular weight is 391 g/mol. The molecule has 0 unspecified atom stereocenters. The summed E-state index contributed by atoms with van der Waals surface area (Å²) in [4.78, 5) is 35.1. The van der Waals surface area contributed by atoms with Gasteiger partial charge in [-0.15, -0.1) is 0 Å². The average Bonchev–Trinajstić information content (AvgIpc) is 2.60. The lowest BCUT2D eigenvalue weighted by Gasteiger charge is -2.08. The fraction of sp³-hybridized carbons (Fsp3) is 0.118. The molecule has 2 N–H and O–H groups in total. The van der Waals surface area contributed by atoms with Gasteiger partial charge in [-0.3, -0.25) is 9.59 Å². The lowest BCUT2D eigenvalue weighted by molar-refractivity contribution is -0.126. The SMILES string of the molecule is O=C(COC(=O)c1ccccc1)NCC(=O)Nc1ccccc1Br. The Balaban J connectivity index is 1.72. The molecule has 2 rings (SSSR count). The zero-order chi connectivity index (χ0) is 17.4. The third kappa shape index (κ3) is 5.51. The minimum atomic E-state index is -0.594. The molecule has 0 aliphatic carbocycles. The summed E-state index contributed by atoms with van der Waals surface area (Å²) in [5.41, 5.74) is 0.962. The predicted octanol–water partition coefficient (Wildman–Crippen LogP) is 2.36. The first-order valence-corrected chi connectivity index (χ1v) is 7.89. The van der Waals surface area contributed by atoms with Crippen molar-refractivity contribution in [1.29, 1.82) is 0 Å². The van der Waals surface area contributed by atoms with Crippen LogP contribution in [0, 0.1) is 0 Å². The highest BCUT2D eigenvalue weighted by molar-refractivity contribution is 9.10. The number of para-hydroxylation sites is 1. The van der Waals surface area contributed by atoms with Crippen molar-refractivity contribution in [3.05, 3.63) is 64.6 Å². The van der Waals surface area contributed by atoms with Gasteiger partial charge in [0.15, 0.2) is 6.61 Å². The summed E-state index contributed by atoms with van der Waals surface area (Å²) in [7, 11) is 0. The Hall–Kier alpha value is -2.67. The molecule has 0 radical (unpaired) electrons. The molecule has 6 nitrogen and oxygen atoms in total. The minimum absolute atomic E-state index is 0.219. The number of amides is 2. The molecule has 0 heterocycles. The molecule has 7 heteroatoms. The number of hydrogen-bond acceptors (Lipinski definition) is 4. The van der Waals surface area contributed by atoms with Crippen molar-refractivity contribution in [3.63, 3.8) is 0 Å². The summed E-state index contributed by atoms with van der Waals surface area (Å²) in [5, 5.41) is 5.03. The van der Waals surface area contributed by atoms with E-state index in [4.69, 9.17) is 4.74 Å². The second-order valence-corrected chi connectivity index (χ2v) is 5.60. The number of rotatable bonds is 6. The van der Waals surface area contributed by atoms with Gasteiger partial charge in [0.2, 0.25) is 5.91 Å². The van der Waals surface area contributed by atoms with E-state index in [0.717, 1.165) is 4.47 Å². The smallest absolute Gasteiger partial charge is 0.338 e. The van der Waals surface area contributed by atoms with Gasteiger partial charge >= 0.3 is 5.97 Å². The van der Waals surface area contributed by atoms with Gasteiger partial charge in [-0.05, 0) is 40.2 Å². The molecule has 0 saturated carbocycles. The first kappa shape index (κ1) is 17.7. The van der Waals surface area contributed by atoms with E-state index in [1.54, 1.807) is 48.5 Å². The molecule has 0 bridgehead atoms. The van der Waals surface area contributed by atoms with E-state index in [2.05, 4.69) is 26.6 Å². The zero-order valence-corrected chi connectivity index (χ0v) is 14.2. The van der Waals surface area contributed by atoms with Crippen LogP contribution in [0.4, 0.5) is 5.69 Å². The largest absolute Gasteiger partial charge is 0.452 e. The maximum Gasteiger partial charge on any atom is 0.338 e. The number of halogens is 1. The standard InChI is InChI=1S/C17H15BrN2O4/c18-13-8-4-5-9-14(13)20-15(21)10-19-16(22)11-24-17(23)12-6-2-1-3-7-12/h1-9H,10-11H2,(H,19,22)(H,20,21). The molecule has 2 amide bonds. The number of esters is 1. The third-order valence-electron chi connectivity index (χ3n) is 2.94. The second kappa shape index (κ2) is 8.83. The Bertz CT molecular complexity index is 734. The Labute approximate surface area is 147 Å². The molecule has 124 valence electrons. The summed E-state index contributed by atoms with van der Waals surface area (Å²) in [6.45, 7) is -0.668. The normalized spacial score (nSPS) is 9.88. The molecule has 0 aromatic heterocycles. The first-order valence-electron chi connectivity index (χ1n) is 7.09. The lowest BCUT2D eigenvalue weighted by atomic mass is 10.2. The Morgan fingerprint density at radius 3 is 2.29 bits per heavy atom. The Kier molecular flexibility index (Phi) is 6.51. The summed E-state index contributed by atoms with van der Waals surface area (Å²) in [6, 6.07) is 15.5. The van der Waals surface area contributed by atoms with E-state index in [0.29, 0.717) is 11.3 Å². The van der Waals surface area contributed by atoms with Crippen molar-refractivity contribution >= 4 is 39.4 Å². The molecule has 2 aromatic carbocycles. The second-order valence-electron chi connectivity index (χ2n) is 4.75. The van der Waals surface area contributed by atoms with Crippen LogP contribution in [0.3, 0.4) is 0 Å². The van der Waals surface area contributed by atoms with Crippen LogP contribution in [-0.4, -0.2) is 30.9 Å². The predicted molar refractivity (Wildman–Crippen MR) is 92.5 cm³/mol. The van der Waals surface area contributed by atoms with Crippen molar-refractivity contribution in [2.75, 3.05) is 18.5 Å². The Morgan fingerprint density at radius 1 is 0.917 bits per heavy atom. The summed E-state index contributed by atoms with van der Waals surface area (Å²) >= 11 is 3.31. The third-order valence-corrected chi connectivity index (χ3v) is 3.63. The van der Waals surface area contributed by atoms with E-state index in [1.165, 1.54) is 0 Å². The summed E-state index contributed by atoms with van der Waals surface area (Å²) < 4.78 is 5.61. The first-order chi connectivity index (χ1) is 11.6. The van der Waals surface area contributed by atoms with Crippen LogP contribution in [-0.2, 0) is 14.3 Å². The van der Waals surface area contributed by atoms with Crippen LogP contribution in [0.1, 0.15) is 10.4 Å². The fourth-order valence-corrected chi connectivity index (χ4v) is 2.16. The van der Waals surface area contributed by atoms with Crippen LogP contribution in [0.5, 0.6) is 0 Å². The highest BCUT2D eigenvalue weighted by atomic mass is 79.9. The maximum absolute atomic E-state index is 11.8. The van der Waals surface area contributed by atoms with E-state index >= 15 is 0 Å². The van der Waals surface area contributed by atoms with E-state index in [1.807, 2.05) is 6.07 Å². The van der Waals surface area contributed by atoms with Crippen LogP contribution in [0.15, 0.2) is 59.1 Å². The Morgan fingerprint density at radius 2 is 1.58 bits per heavy atom. The topological polar surface area (TPSA) is 84.5 Å². The van der Waals surface area contributed by atoms with Gasteiger partial charge in [0.1, 0.15) is 0 Å². The lowest BCUT2D eigenvalue weighted by Crippen LogP contribution is -2.35. The monoisotopic (exact) mass is 390 g/mol. The van der Waals surface area contributed by atoms with Crippen molar-refractivity contribution in [1.82, 2.24) is 5.32 Å². The highest BCUT2D eigenvalue weighted by Gasteiger charge is 2.11. The van der Waals surface area contributed by atoms with Gasteiger partial charge in [0.05, 0.1) is 17.8 Å². The fourth-order valence-electron chi connectivity index (χ4n) is 1.78. The van der Waals surface area contributed by atoms with Gasteiger partial charge in [-0.1, -0.05) is 30.3 Å². The van der Waals surface area contributed by atoms with Crippen molar-refractivity contribution in [3.8, 4) is 0 Å². The number of carbonyl (C=O) groups is 3. The zero-order valence-electron chi connectivity index (χ0n) is 12.6. The van der Waals surface area contributed by atoms with E-state index in [-0.39, 0.29) is 12.5 Å². The quantitative estimate of drug-likeness (QED) is 0.741. The van der Waals surface area contributed by atoms with Crippen LogP contribution in [0.2, 0.25) is 0 Å². The number of anilines is 1. The van der Waals surface area contributed by atoms with Gasteiger partial charge in [0.25, 0.3) is 5.91 Å². The number of hydrogen-bond donors (Lipinski definition) is 2. The molecule has 0 spiro atoms.